The molecule has 0 spiro atoms. The van der Waals surface area contributed by atoms with E-state index in [1.807, 2.05) is 6.07 Å². The van der Waals surface area contributed by atoms with Crippen molar-refractivity contribution in [1.82, 2.24) is 10.6 Å². The summed E-state index contributed by atoms with van der Waals surface area (Å²) in [5.41, 5.74) is 0. The molecule has 5 heteroatoms. The van der Waals surface area contributed by atoms with Gasteiger partial charge in [0.25, 0.3) is 0 Å². The van der Waals surface area contributed by atoms with Gasteiger partial charge in [-0.15, -0.1) is 11.3 Å². The average molecular weight is 289 g/mol. The summed E-state index contributed by atoms with van der Waals surface area (Å²) in [5, 5.41) is 6.01. The average Bonchev–Trinajstić information content (AvgIpc) is 2.48. The van der Waals surface area contributed by atoms with Crippen molar-refractivity contribution >= 4 is 33.2 Å². The maximum absolute atomic E-state index is 11.4. The summed E-state index contributed by atoms with van der Waals surface area (Å²) in [7, 11) is 0. The third-order valence-corrected chi connectivity index (χ3v) is 4.12. The lowest BCUT2D eigenvalue weighted by Crippen LogP contribution is -2.53. The molecule has 1 amide bonds. The van der Waals surface area contributed by atoms with Crippen LogP contribution >= 0.6 is 27.3 Å². The normalized spacial score (nSPS) is 19.7. The third-order valence-electron chi connectivity index (χ3n) is 2.44. The number of rotatable bonds is 4. The van der Waals surface area contributed by atoms with Gasteiger partial charge in [0.1, 0.15) is 0 Å². The van der Waals surface area contributed by atoms with Crippen molar-refractivity contribution < 1.29 is 4.79 Å². The predicted molar refractivity (Wildman–Crippen MR) is 65.1 cm³/mol. The topological polar surface area (TPSA) is 41.1 Å². The van der Waals surface area contributed by atoms with Crippen LogP contribution in [0.4, 0.5) is 0 Å². The molecular formula is C10H13BrN2OS. The largest absolute Gasteiger partial charge is 0.354 e. The van der Waals surface area contributed by atoms with E-state index < -0.39 is 0 Å². The fourth-order valence-electron chi connectivity index (χ4n) is 1.43. The minimum absolute atomic E-state index is 0.0556. The van der Waals surface area contributed by atoms with E-state index in [0.29, 0.717) is 0 Å². The molecule has 0 unspecified atom stereocenters. The zero-order valence-electron chi connectivity index (χ0n) is 8.25. The minimum Gasteiger partial charge on any atom is -0.354 e. The van der Waals surface area contributed by atoms with Gasteiger partial charge in [-0.05, 0) is 47.4 Å². The molecule has 0 saturated carbocycles. The van der Waals surface area contributed by atoms with Gasteiger partial charge in [-0.1, -0.05) is 0 Å². The van der Waals surface area contributed by atoms with Gasteiger partial charge in [0.05, 0.1) is 9.83 Å². The molecule has 15 heavy (non-hydrogen) atoms. The highest BCUT2D eigenvalue weighted by Crippen LogP contribution is 2.22. The van der Waals surface area contributed by atoms with Gasteiger partial charge in [0, 0.05) is 11.4 Å². The first kappa shape index (κ1) is 11.1. The molecule has 3 nitrogen and oxygen atoms in total. The van der Waals surface area contributed by atoms with Gasteiger partial charge >= 0.3 is 0 Å². The Hall–Kier alpha value is -0.390. The molecule has 1 saturated heterocycles. The Labute approximate surface area is 101 Å². The van der Waals surface area contributed by atoms with Crippen LogP contribution in [0.2, 0.25) is 0 Å². The second-order valence-electron chi connectivity index (χ2n) is 3.54. The Morgan fingerprint density at radius 3 is 3.00 bits per heavy atom. The Balaban J connectivity index is 1.68. The summed E-state index contributed by atoms with van der Waals surface area (Å²) in [5.74, 6) is 0.136. The number of halogens is 1. The monoisotopic (exact) mass is 288 g/mol. The summed E-state index contributed by atoms with van der Waals surface area (Å²) in [4.78, 5) is 12.7. The molecule has 0 aromatic carbocycles. The summed E-state index contributed by atoms with van der Waals surface area (Å²) in [6.07, 6.45) is 1.88. The van der Waals surface area contributed by atoms with Gasteiger partial charge < -0.3 is 10.6 Å². The molecule has 82 valence electrons. The Morgan fingerprint density at radius 2 is 2.47 bits per heavy atom. The summed E-state index contributed by atoms with van der Waals surface area (Å²) < 4.78 is 1.14. The SMILES string of the molecule is O=C(NCCc1ccc(Br)s1)[C@H]1CCN1. The molecule has 0 aliphatic carbocycles. The van der Waals surface area contributed by atoms with Gasteiger partial charge in [0.2, 0.25) is 5.91 Å². The van der Waals surface area contributed by atoms with Crippen LogP contribution in [0.3, 0.4) is 0 Å². The van der Waals surface area contributed by atoms with Gasteiger partial charge in [0.15, 0.2) is 0 Å². The highest BCUT2D eigenvalue weighted by Gasteiger charge is 2.23. The van der Waals surface area contributed by atoms with Gasteiger partial charge in [-0.3, -0.25) is 4.79 Å². The van der Waals surface area contributed by atoms with Crippen LogP contribution in [0.1, 0.15) is 11.3 Å². The Morgan fingerprint density at radius 1 is 1.67 bits per heavy atom. The highest BCUT2D eigenvalue weighted by molar-refractivity contribution is 9.11. The van der Waals surface area contributed by atoms with Crippen molar-refractivity contribution in [2.75, 3.05) is 13.1 Å². The number of hydrogen-bond acceptors (Lipinski definition) is 3. The van der Waals surface area contributed by atoms with E-state index >= 15 is 0 Å². The van der Waals surface area contributed by atoms with Gasteiger partial charge in [-0.2, -0.15) is 0 Å². The number of carbonyl (C=O) groups is 1. The van der Waals surface area contributed by atoms with E-state index in [9.17, 15) is 4.79 Å². The molecule has 1 fully saturated rings. The second-order valence-corrected chi connectivity index (χ2v) is 6.09. The van der Waals surface area contributed by atoms with Gasteiger partial charge in [-0.25, -0.2) is 0 Å². The quantitative estimate of drug-likeness (QED) is 0.882. The number of amides is 1. The first-order valence-electron chi connectivity index (χ1n) is 5.01. The molecule has 1 aliphatic heterocycles. The van der Waals surface area contributed by atoms with Crippen LogP contribution in [0.15, 0.2) is 15.9 Å². The van der Waals surface area contributed by atoms with Crippen LogP contribution in [0, 0.1) is 0 Å². The van der Waals surface area contributed by atoms with Crippen molar-refractivity contribution in [2.24, 2.45) is 0 Å². The summed E-state index contributed by atoms with van der Waals surface area (Å²) in [6.45, 7) is 1.69. The van der Waals surface area contributed by atoms with Crippen LogP contribution in [0.25, 0.3) is 0 Å². The molecule has 1 aromatic rings. The van der Waals surface area contributed by atoms with Crippen molar-refractivity contribution in [1.29, 1.82) is 0 Å². The zero-order chi connectivity index (χ0) is 10.7. The molecule has 1 atom stereocenters. The fraction of sp³-hybridized carbons (Fsp3) is 0.500. The molecule has 1 aromatic heterocycles. The zero-order valence-corrected chi connectivity index (χ0v) is 10.7. The molecular weight excluding hydrogens is 276 g/mol. The van der Waals surface area contributed by atoms with Crippen molar-refractivity contribution in [3.05, 3.63) is 20.8 Å². The second kappa shape index (κ2) is 5.09. The molecule has 0 radical (unpaired) electrons. The van der Waals surface area contributed by atoms with E-state index in [-0.39, 0.29) is 11.9 Å². The maximum Gasteiger partial charge on any atom is 0.237 e. The molecule has 1 aliphatic rings. The summed E-state index contributed by atoms with van der Waals surface area (Å²) in [6, 6.07) is 4.18. The maximum atomic E-state index is 11.4. The standard InChI is InChI=1S/C10H13BrN2OS/c11-9-2-1-7(15-9)3-5-13-10(14)8-4-6-12-8/h1-2,8,12H,3-6H2,(H,13,14)/t8-/m1/s1. The van der Waals surface area contributed by atoms with E-state index in [1.165, 1.54) is 4.88 Å². The van der Waals surface area contributed by atoms with Crippen molar-refractivity contribution in [3.63, 3.8) is 0 Å². The van der Waals surface area contributed by atoms with E-state index in [2.05, 4.69) is 32.6 Å². The molecule has 2 rings (SSSR count). The third kappa shape index (κ3) is 3.03. The Bertz CT molecular complexity index is 349. The first-order valence-corrected chi connectivity index (χ1v) is 6.62. The lowest BCUT2D eigenvalue weighted by Gasteiger charge is -2.26. The van der Waals surface area contributed by atoms with E-state index in [0.717, 1.165) is 29.7 Å². The number of carbonyl (C=O) groups excluding carboxylic acids is 1. The lowest BCUT2D eigenvalue weighted by atomic mass is 10.1. The highest BCUT2D eigenvalue weighted by atomic mass is 79.9. The van der Waals surface area contributed by atoms with Crippen molar-refractivity contribution in [3.8, 4) is 0 Å². The van der Waals surface area contributed by atoms with E-state index in [1.54, 1.807) is 11.3 Å². The number of thiophene rings is 1. The Kier molecular flexibility index (Phi) is 3.77. The molecule has 2 N–H and O–H groups in total. The van der Waals surface area contributed by atoms with Crippen LogP contribution in [-0.4, -0.2) is 25.0 Å². The van der Waals surface area contributed by atoms with E-state index in [4.69, 9.17) is 0 Å². The number of nitrogens with one attached hydrogen (secondary N) is 2. The molecule has 0 bridgehead atoms. The van der Waals surface area contributed by atoms with Crippen LogP contribution in [-0.2, 0) is 11.2 Å². The van der Waals surface area contributed by atoms with Crippen molar-refractivity contribution in [2.45, 2.75) is 18.9 Å². The first-order chi connectivity index (χ1) is 7.25. The lowest BCUT2D eigenvalue weighted by molar-refractivity contribution is -0.124. The summed E-state index contributed by atoms with van der Waals surface area (Å²) >= 11 is 5.13. The minimum atomic E-state index is 0.0556. The van der Waals surface area contributed by atoms with Crippen LogP contribution < -0.4 is 10.6 Å². The fourth-order valence-corrected chi connectivity index (χ4v) is 2.91. The van der Waals surface area contributed by atoms with Crippen LogP contribution in [0.5, 0.6) is 0 Å². The molecule has 2 heterocycles. The predicted octanol–water partition coefficient (Wildman–Crippen LogP) is 1.53. The smallest absolute Gasteiger partial charge is 0.237 e. The number of hydrogen-bond donors (Lipinski definition) is 2.